The molecule has 1 aromatic carbocycles. The third-order valence-corrected chi connectivity index (χ3v) is 3.80. The Balaban J connectivity index is 2.38. The maximum Gasteiger partial charge on any atom is 0.186 e. The lowest BCUT2D eigenvalue weighted by Gasteiger charge is -2.17. The second-order valence-electron chi connectivity index (χ2n) is 5.58. The Kier molecular flexibility index (Phi) is 5.52. The molecule has 0 saturated heterocycles. The van der Waals surface area contributed by atoms with E-state index in [0.717, 1.165) is 23.5 Å². The van der Waals surface area contributed by atoms with Crippen molar-refractivity contribution in [3.05, 3.63) is 63.1 Å². The number of methoxy groups -OCH3 is 1. The average molecular weight is 300 g/mol. The fourth-order valence-electron chi connectivity index (χ4n) is 2.63. The number of ether oxygens (including phenoxy) is 1. The fourth-order valence-corrected chi connectivity index (χ4v) is 2.63. The smallest absolute Gasteiger partial charge is 0.186 e. The maximum atomic E-state index is 12.2. The number of aromatic nitrogens is 1. The normalized spacial score (nSPS) is 10.9. The van der Waals surface area contributed by atoms with Gasteiger partial charge >= 0.3 is 0 Å². The van der Waals surface area contributed by atoms with Gasteiger partial charge in [-0.2, -0.15) is 0 Å². The number of hydrogen-bond donors (Lipinski definition) is 1. The summed E-state index contributed by atoms with van der Waals surface area (Å²) in [6, 6.07) is 7.95. The van der Waals surface area contributed by atoms with E-state index in [9.17, 15) is 4.79 Å². The number of para-hydroxylation sites is 1. The van der Waals surface area contributed by atoms with Crippen LogP contribution in [0.4, 0.5) is 0 Å². The molecule has 1 N–H and O–H groups in total. The van der Waals surface area contributed by atoms with Gasteiger partial charge in [-0.05, 0) is 31.9 Å². The van der Waals surface area contributed by atoms with E-state index in [0.29, 0.717) is 13.2 Å². The van der Waals surface area contributed by atoms with Gasteiger partial charge in [0, 0.05) is 43.7 Å². The zero-order chi connectivity index (χ0) is 16.1. The first-order valence-corrected chi connectivity index (χ1v) is 7.53. The van der Waals surface area contributed by atoms with E-state index in [2.05, 4.69) is 41.9 Å². The summed E-state index contributed by atoms with van der Waals surface area (Å²) in [5, 5.41) is 3.23. The van der Waals surface area contributed by atoms with Crippen LogP contribution in [0.15, 0.2) is 35.3 Å². The van der Waals surface area contributed by atoms with Crippen LogP contribution in [0.2, 0.25) is 0 Å². The molecule has 0 bridgehead atoms. The molecule has 0 atom stereocenters. The number of pyridine rings is 1. The summed E-state index contributed by atoms with van der Waals surface area (Å²) in [6.07, 6.45) is 1.95. The van der Waals surface area contributed by atoms with Gasteiger partial charge in [0.15, 0.2) is 5.43 Å². The Hall–Kier alpha value is -1.91. The van der Waals surface area contributed by atoms with Crippen LogP contribution in [0.1, 0.15) is 22.4 Å². The van der Waals surface area contributed by atoms with Crippen molar-refractivity contribution in [1.29, 1.82) is 0 Å². The first-order valence-electron chi connectivity index (χ1n) is 7.53. The van der Waals surface area contributed by atoms with Crippen LogP contribution in [0.5, 0.6) is 0 Å². The van der Waals surface area contributed by atoms with Crippen molar-refractivity contribution in [3.63, 3.8) is 0 Å². The van der Waals surface area contributed by atoms with E-state index in [1.807, 2.05) is 13.1 Å². The Bertz CT molecular complexity index is 684. The average Bonchev–Trinajstić information content (AvgIpc) is 2.47. The molecule has 0 amide bonds. The predicted octanol–water partition coefficient (Wildman–Crippen LogP) is 2.50. The van der Waals surface area contributed by atoms with Crippen LogP contribution >= 0.6 is 0 Å². The summed E-state index contributed by atoms with van der Waals surface area (Å²) >= 11 is 0. The molecule has 1 heterocycles. The molecule has 22 heavy (non-hydrogen) atoms. The Morgan fingerprint density at radius 3 is 2.50 bits per heavy atom. The number of benzene rings is 1. The van der Waals surface area contributed by atoms with E-state index in [1.54, 1.807) is 13.2 Å². The summed E-state index contributed by atoms with van der Waals surface area (Å²) in [6.45, 7) is 8.07. The van der Waals surface area contributed by atoms with Crippen molar-refractivity contribution in [2.75, 3.05) is 20.3 Å². The minimum Gasteiger partial charge on any atom is -0.383 e. The van der Waals surface area contributed by atoms with Gasteiger partial charge in [-0.15, -0.1) is 0 Å². The van der Waals surface area contributed by atoms with Crippen LogP contribution in [0, 0.1) is 20.8 Å². The molecule has 0 unspecified atom stereocenters. The van der Waals surface area contributed by atoms with Crippen molar-refractivity contribution in [2.45, 2.75) is 27.3 Å². The number of aryl methyl sites for hydroxylation is 3. The monoisotopic (exact) mass is 300 g/mol. The van der Waals surface area contributed by atoms with Crippen molar-refractivity contribution >= 4 is 0 Å². The van der Waals surface area contributed by atoms with Gasteiger partial charge in [0.1, 0.15) is 0 Å². The van der Waals surface area contributed by atoms with E-state index >= 15 is 0 Å². The topological polar surface area (TPSA) is 43.3 Å². The zero-order valence-electron chi connectivity index (χ0n) is 13.8. The second-order valence-corrected chi connectivity index (χ2v) is 5.58. The minimum atomic E-state index is 0.0740. The van der Waals surface area contributed by atoms with Gasteiger partial charge in [-0.3, -0.25) is 4.79 Å². The number of hydrogen-bond acceptors (Lipinski definition) is 3. The highest BCUT2D eigenvalue weighted by molar-refractivity contribution is 5.48. The number of nitrogens with zero attached hydrogens (tertiary/aromatic N) is 1. The Labute approximate surface area is 131 Å². The molecule has 0 aliphatic carbocycles. The second kappa shape index (κ2) is 7.38. The molecule has 2 rings (SSSR count). The quantitative estimate of drug-likeness (QED) is 0.834. The molecule has 0 aliphatic rings. The number of nitrogens with one attached hydrogen (secondary N) is 1. The van der Waals surface area contributed by atoms with E-state index in [-0.39, 0.29) is 5.43 Å². The fraction of sp³-hybridized carbons (Fsp3) is 0.389. The highest BCUT2D eigenvalue weighted by atomic mass is 16.5. The van der Waals surface area contributed by atoms with Gasteiger partial charge in [0.2, 0.25) is 0 Å². The largest absolute Gasteiger partial charge is 0.383 e. The number of rotatable bonds is 6. The van der Waals surface area contributed by atoms with Crippen LogP contribution in [-0.4, -0.2) is 24.8 Å². The molecule has 0 aliphatic heterocycles. The molecule has 0 saturated carbocycles. The first-order chi connectivity index (χ1) is 10.5. The molecule has 4 heteroatoms. The van der Waals surface area contributed by atoms with E-state index in [4.69, 9.17) is 4.74 Å². The van der Waals surface area contributed by atoms with Crippen LogP contribution in [0.3, 0.4) is 0 Å². The van der Waals surface area contributed by atoms with Gasteiger partial charge in [-0.25, -0.2) is 0 Å². The molecule has 0 spiro atoms. The molecule has 4 nitrogen and oxygen atoms in total. The summed E-state index contributed by atoms with van der Waals surface area (Å²) in [7, 11) is 1.67. The molecule has 0 fully saturated rings. The Morgan fingerprint density at radius 1 is 1.18 bits per heavy atom. The highest BCUT2D eigenvalue weighted by Crippen LogP contribution is 2.20. The van der Waals surface area contributed by atoms with Crippen LogP contribution in [-0.2, 0) is 11.3 Å². The third kappa shape index (κ3) is 3.64. The third-order valence-electron chi connectivity index (χ3n) is 3.80. The van der Waals surface area contributed by atoms with Crippen molar-refractivity contribution in [2.24, 2.45) is 0 Å². The highest BCUT2D eigenvalue weighted by Gasteiger charge is 2.09. The van der Waals surface area contributed by atoms with Gasteiger partial charge in [0.05, 0.1) is 12.3 Å². The predicted molar refractivity (Wildman–Crippen MR) is 89.8 cm³/mol. The molecule has 2 aromatic rings. The lowest BCUT2D eigenvalue weighted by Crippen LogP contribution is -2.24. The summed E-state index contributed by atoms with van der Waals surface area (Å²) in [4.78, 5) is 12.2. The van der Waals surface area contributed by atoms with Crippen molar-refractivity contribution in [3.8, 4) is 5.69 Å². The molecule has 1 aromatic heterocycles. The lowest BCUT2D eigenvalue weighted by molar-refractivity contribution is 0.199. The SMILES string of the molecule is COCCNCc1cn(-c2c(C)cccc2C)c(C)cc1=O. The standard InChI is InChI=1S/C18H24N2O2/c1-13-6-5-7-14(2)18(13)20-12-16(11-19-8-9-22-4)17(21)10-15(20)3/h5-7,10,12,19H,8-9,11H2,1-4H3. The summed E-state index contributed by atoms with van der Waals surface area (Å²) in [5.74, 6) is 0. The first kappa shape index (κ1) is 16.5. The van der Waals surface area contributed by atoms with Gasteiger partial charge in [-0.1, -0.05) is 18.2 Å². The zero-order valence-corrected chi connectivity index (χ0v) is 13.8. The van der Waals surface area contributed by atoms with E-state index in [1.165, 1.54) is 11.1 Å². The summed E-state index contributed by atoms with van der Waals surface area (Å²) in [5.41, 5.74) is 5.34. The molecular formula is C18H24N2O2. The summed E-state index contributed by atoms with van der Waals surface area (Å²) < 4.78 is 7.12. The van der Waals surface area contributed by atoms with Crippen LogP contribution < -0.4 is 10.7 Å². The van der Waals surface area contributed by atoms with Crippen LogP contribution in [0.25, 0.3) is 5.69 Å². The van der Waals surface area contributed by atoms with Crippen molar-refractivity contribution < 1.29 is 4.74 Å². The molecule has 118 valence electrons. The maximum absolute atomic E-state index is 12.2. The van der Waals surface area contributed by atoms with Gasteiger partial charge in [0.25, 0.3) is 0 Å². The Morgan fingerprint density at radius 2 is 1.86 bits per heavy atom. The van der Waals surface area contributed by atoms with Gasteiger partial charge < -0.3 is 14.6 Å². The molecular weight excluding hydrogens is 276 g/mol. The van der Waals surface area contributed by atoms with E-state index < -0.39 is 0 Å². The molecule has 0 radical (unpaired) electrons. The minimum absolute atomic E-state index is 0.0740. The van der Waals surface area contributed by atoms with Crippen molar-refractivity contribution in [1.82, 2.24) is 9.88 Å². The lowest BCUT2D eigenvalue weighted by atomic mass is 10.1.